The van der Waals surface area contributed by atoms with Crippen molar-refractivity contribution in [2.24, 2.45) is 23.7 Å². The Balaban J connectivity index is 1.62. The van der Waals surface area contributed by atoms with Crippen LogP contribution < -0.4 is 20.2 Å². The van der Waals surface area contributed by atoms with Crippen molar-refractivity contribution in [3.05, 3.63) is 75.2 Å². The van der Waals surface area contributed by atoms with Gasteiger partial charge in [-0.05, 0) is 45.4 Å². The van der Waals surface area contributed by atoms with Gasteiger partial charge in [0.05, 0.1) is 48.2 Å². The second-order valence-electron chi connectivity index (χ2n) is 15.6. The van der Waals surface area contributed by atoms with Crippen LogP contribution in [0.1, 0.15) is 70.0 Å². The number of allylic oxidation sites excluding steroid dienone is 2. The fourth-order valence-corrected chi connectivity index (χ4v) is 7.88. The number of phenols is 1. The van der Waals surface area contributed by atoms with Crippen LogP contribution in [0.25, 0.3) is 33.3 Å². The van der Waals surface area contributed by atoms with Gasteiger partial charge in [-0.1, -0.05) is 52.0 Å². The van der Waals surface area contributed by atoms with Crippen molar-refractivity contribution >= 4 is 39.2 Å². The molecule has 1 aliphatic carbocycles. The minimum absolute atomic E-state index is 0.0153. The molecule has 310 valence electrons. The summed E-state index contributed by atoms with van der Waals surface area (Å²) in [5.41, 5.74) is 0.190. The van der Waals surface area contributed by atoms with E-state index in [1.165, 1.54) is 46.3 Å². The number of amides is 1. The molecule has 5 bridgehead atoms. The molecule has 1 amide bonds. The van der Waals surface area contributed by atoms with E-state index in [-0.39, 0.29) is 62.6 Å². The molecule has 0 spiro atoms. The maximum Gasteiger partial charge on any atom is 0.312 e. The average Bonchev–Trinajstić information content (AvgIpc) is 3.47. The number of anilines is 1. The normalized spacial score (nSPS) is 30.5. The molecule has 14 nitrogen and oxygen atoms in total. The number of nitrogens with one attached hydrogen (secondary N) is 1. The molecule has 5 aliphatic rings. The number of aromatic hydroxyl groups is 1. The molecule has 58 heavy (non-hydrogen) atoms. The van der Waals surface area contributed by atoms with Gasteiger partial charge in [0, 0.05) is 54.2 Å². The molecule has 4 heterocycles. The van der Waals surface area contributed by atoms with Crippen molar-refractivity contribution in [1.29, 1.82) is 0 Å². The Morgan fingerprint density at radius 2 is 1.60 bits per heavy atom. The molecule has 0 saturated carbocycles. The maximum absolute atomic E-state index is 14.6. The molecular weight excluding hydrogens is 748 g/mol. The number of Topliss-reactive ketones (excluding diaryl/α,β-unsaturated/α-hetero) is 1. The summed E-state index contributed by atoms with van der Waals surface area (Å²) in [7, 11) is 1.44. The Kier molecular flexibility index (Phi) is 11.8. The van der Waals surface area contributed by atoms with E-state index in [0.717, 1.165) is 5.56 Å². The Morgan fingerprint density at radius 1 is 0.931 bits per heavy atom. The van der Waals surface area contributed by atoms with Crippen molar-refractivity contribution < 1.29 is 53.4 Å². The van der Waals surface area contributed by atoms with Crippen LogP contribution in [0, 0.1) is 37.5 Å². The lowest BCUT2D eigenvalue weighted by molar-refractivity contribution is -0.112. The number of aliphatic hydroxyl groups excluding tert-OH is 3. The van der Waals surface area contributed by atoms with E-state index in [1.54, 1.807) is 58.9 Å². The number of rotatable bonds is 3. The Hall–Kier alpha value is -5.28. The van der Waals surface area contributed by atoms with Gasteiger partial charge in [-0.15, -0.1) is 0 Å². The highest BCUT2D eigenvalue weighted by molar-refractivity contribution is 6.22. The molecule has 14 heteroatoms. The van der Waals surface area contributed by atoms with E-state index < -0.39 is 76.7 Å². The number of hydrogen-bond donors (Lipinski definition) is 5. The fourth-order valence-electron chi connectivity index (χ4n) is 7.88. The first-order valence-electron chi connectivity index (χ1n) is 19.4. The fraction of sp³-hybridized carbons (Fsp3) is 0.455. The first kappa shape index (κ1) is 42.3. The molecule has 7 rings (SSSR count). The molecule has 0 radical (unpaired) electrons. The van der Waals surface area contributed by atoms with Crippen LogP contribution in [0.3, 0.4) is 0 Å². The molecule has 4 aliphatic heterocycles. The van der Waals surface area contributed by atoms with Crippen LogP contribution in [0.2, 0.25) is 0 Å². The lowest BCUT2D eigenvalue weighted by Gasteiger charge is -2.36. The van der Waals surface area contributed by atoms with Crippen LogP contribution >= 0.6 is 0 Å². The highest BCUT2D eigenvalue weighted by atomic mass is 16.7. The zero-order valence-corrected chi connectivity index (χ0v) is 34.4. The van der Waals surface area contributed by atoms with Gasteiger partial charge in [0.1, 0.15) is 28.4 Å². The number of methoxy groups -OCH3 is 1. The molecule has 0 unspecified atom stereocenters. The smallest absolute Gasteiger partial charge is 0.312 e. The van der Waals surface area contributed by atoms with Crippen LogP contribution in [-0.4, -0.2) is 81.0 Å². The zero-order chi connectivity index (χ0) is 42.5. The summed E-state index contributed by atoms with van der Waals surface area (Å²) in [6.07, 6.45) is 3.51. The molecule has 2 aromatic carbocycles. The van der Waals surface area contributed by atoms with Gasteiger partial charge in [0.15, 0.2) is 17.1 Å². The predicted octanol–water partition coefficient (Wildman–Crippen LogP) is 6.09. The zero-order valence-electron chi connectivity index (χ0n) is 34.4. The standard InChI is InChI=1S/C44H52N2O12/c1-11-55-38-20(3)15-16-26-40(38)57-41-31(45-26)28-29-36(50)25(8)39-30(28)42(52)44(9,58-39)56-18-17-27(54-10)22(5)34(48)24(7)35(49)23(6)33(47)19(2)13-12-14-21(4)43(53)46-32(41)37(29)51/h12-19,22-24,27,33-35,47-50H,11H2,1-10H3,(H,46,53)/b13-12+,18-17+,21-14-/t19-,22+,23+,24-,27-,33-,34+,35+,44-/m0/s1. The second-order valence-corrected chi connectivity index (χ2v) is 15.6. The number of aryl methyl sites for hydroxylation is 1. The average molecular weight is 801 g/mol. The van der Waals surface area contributed by atoms with Gasteiger partial charge < -0.3 is 49.1 Å². The summed E-state index contributed by atoms with van der Waals surface area (Å²) < 4.78 is 30.2. The number of aromatic nitrogens is 1. The Labute approximate surface area is 336 Å². The minimum Gasteiger partial charge on any atom is -0.507 e. The van der Waals surface area contributed by atoms with Crippen molar-refractivity contribution in [3.8, 4) is 28.7 Å². The van der Waals surface area contributed by atoms with Crippen molar-refractivity contribution in [3.63, 3.8) is 0 Å². The summed E-state index contributed by atoms with van der Waals surface area (Å²) >= 11 is 0. The molecule has 0 aromatic heterocycles. The summed E-state index contributed by atoms with van der Waals surface area (Å²) in [4.78, 5) is 47.9. The van der Waals surface area contributed by atoms with Gasteiger partial charge in [-0.2, -0.15) is 0 Å². The van der Waals surface area contributed by atoms with Gasteiger partial charge in [0.25, 0.3) is 11.7 Å². The van der Waals surface area contributed by atoms with E-state index in [9.17, 15) is 34.8 Å². The topological polar surface area (TPSA) is 207 Å². The summed E-state index contributed by atoms with van der Waals surface area (Å²) in [6, 6.07) is 3.48. The van der Waals surface area contributed by atoms with E-state index in [0.29, 0.717) is 11.3 Å². The Morgan fingerprint density at radius 3 is 2.28 bits per heavy atom. The first-order chi connectivity index (χ1) is 27.4. The van der Waals surface area contributed by atoms with Crippen molar-refractivity contribution in [2.75, 3.05) is 19.0 Å². The number of carbonyl (C=O) groups excluding carboxylic acids is 2. The number of hydrogen-bond acceptors (Lipinski definition) is 13. The van der Waals surface area contributed by atoms with Crippen LogP contribution in [-0.2, 0) is 14.3 Å². The third-order valence-electron chi connectivity index (χ3n) is 11.7. The highest BCUT2D eigenvalue weighted by Crippen LogP contribution is 2.51. The molecule has 9 atom stereocenters. The molecule has 0 fully saturated rings. The lowest BCUT2D eigenvalue weighted by Crippen LogP contribution is -2.44. The van der Waals surface area contributed by atoms with Gasteiger partial charge in [-0.25, -0.2) is 4.98 Å². The number of fused-ring (bicyclic) bond motifs is 14. The monoisotopic (exact) mass is 800 g/mol. The van der Waals surface area contributed by atoms with Crippen LogP contribution in [0.4, 0.5) is 5.69 Å². The summed E-state index contributed by atoms with van der Waals surface area (Å²) in [6.45, 7) is 15.2. The van der Waals surface area contributed by atoms with Crippen LogP contribution in [0.5, 0.6) is 17.2 Å². The van der Waals surface area contributed by atoms with E-state index in [2.05, 4.69) is 5.32 Å². The van der Waals surface area contributed by atoms with Gasteiger partial charge >= 0.3 is 5.79 Å². The largest absolute Gasteiger partial charge is 0.507 e. The number of nitrogens with zero attached hydrogens (tertiary/aromatic N) is 1. The van der Waals surface area contributed by atoms with Crippen molar-refractivity contribution in [1.82, 2.24) is 4.98 Å². The van der Waals surface area contributed by atoms with E-state index in [1.807, 2.05) is 6.92 Å². The van der Waals surface area contributed by atoms with Gasteiger partial charge in [0.2, 0.25) is 5.43 Å². The maximum atomic E-state index is 14.6. The lowest BCUT2D eigenvalue weighted by atomic mass is 9.78. The highest BCUT2D eigenvalue weighted by Gasteiger charge is 2.50. The SMILES string of the molecule is CCOc1c(C)ccc2nc3c4c5c6c(C)c(O)c4c(=O)c(c-3oc12)NC(=O)/C(C)=C\C=C\[C@H](C)[C@H](O)[C@@H](C)[C@@H](O)[C@@H](C)[C@H](O)[C@H](C)[C@@H](OC)/C=C/O[C@@](C)(O6)C5=O. The molecule has 0 saturated heterocycles. The molecule has 5 N–H and O–H groups in total. The third kappa shape index (κ3) is 7.12. The molecular formula is C44H52N2O12. The number of aliphatic hydroxyl groups is 3. The third-order valence-corrected chi connectivity index (χ3v) is 11.7. The number of carbonyl (C=O) groups is 2. The molecule has 2 aromatic rings. The van der Waals surface area contributed by atoms with Crippen LogP contribution in [0.15, 0.2) is 57.5 Å². The number of ketones is 1. The Bertz CT molecular complexity index is 2400. The number of ether oxygens (including phenoxy) is 4. The van der Waals surface area contributed by atoms with Crippen molar-refractivity contribution in [2.45, 2.75) is 92.5 Å². The minimum atomic E-state index is -2.01. The predicted molar refractivity (Wildman–Crippen MR) is 217 cm³/mol. The number of phenolic OH excluding ortho intramolecular Hbond substituents is 1. The number of benzene rings is 3. The summed E-state index contributed by atoms with van der Waals surface area (Å²) in [5, 5.41) is 47.9. The summed E-state index contributed by atoms with van der Waals surface area (Å²) in [5.74, 6) is -6.16. The first-order valence-corrected chi connectivity index (χ1v) is 19.4. The quantitative estimate of drug-likeness (QED) is 0.118. The van der Waals surface area contributed by atoms with E-state index in [4.69, 9.17) is 28.3 Å². The van der Waals surface area contributed by atoms with E-state index >= 15 is 0 Å². The second kappa shape index (κ2) is 16.2. The van der Waals surface area contributed by atoms with Gasteiger partial charge in [-0.3, -0.25) is 14.4 Å².